The summed E-state index contributed by atoms with van der Waals surface area (Å²) in [5, 5.41) is 6.44. The Bertz CT molecular complexity index is 1290. The molecule has 4 aromatic rings. The lowest BCUT2D eigenvalue weighted by atomic mass is 10.1. The number of carbonyl (C=O) groups excluding carboxylic acids is 1. The van der Waals surface area contributed by atoms with Crippen molar-refractivity contribution >= 4 is 70.7 Å². The molecule has 0 radical (unpaired) electrons. The van der Waals surface area contributed by atoms with Crippen LogP contribution >= 0.6 is 47.8 Å². The minimum atomic E-state index is -0.179. The second-order valence-corrected chi connectivity index (χ2v) is 9.96. The topological polar surface area (TPSA) is 50.7 Å². The van der Waals surface area contributed by atoms with Crippen LogP contribution in [-0.2, 0) is 17.8 Å². The van der Waals surface area contributed by atoms with E-state index in [0.717, 1.165) is 30.1 Å². The van der Waals surface area contributed by atoms with Crippen LogP contribution in [0, 0.1) is 0 Å². The highest BCUT2D eigenvalue weighted by molar-refractivity contribution is 9.11. The number of nitrogens with zero attached hydrogens (tertiary/aromatic N) is 1. The molecule has 4 aromatic carbocycles. The molecule has 4 rings (SSSR count). The Morgan fingerprint density at radius 1 is 0.909 bits per heavy atom. The van der Waals surface area contributed by atoms with Gasteiger partial charge in [-0.1, -0.05) is 70.5 Å². The van der Waals surface area contributed by atoms with Gasteiger partial charge in [0.15, 0.2) is 0 Å². The summed E-state index contributed by atoms with van der Waals surface area (Å²) in [7, 11) is 0. The third-order valence-electron chi connectivity index (χ3n) is 4.95. The Hall–Kier alpha value is -2.48. The van der Waals surface area contributed by atoms with Crippen LogP contribution in [0.4, 0.5) is 0 Å². The van der Waals surface area contributed by atoms with Gasteiger partial charge in [-0.05, 0) is 83.6 Å². The maximum absolute atomic E-state index is 12.1. The number of carbonyl (C=O) groups is 1. The predicted octanol–water partition coefficient (Wildman–Crippen LogP) is 7.40. The zero-order valence-electron chi connectivity index (χ0n) is 17.4. The smallest absolute Gasteiger partial charge is 0.244 e. The van der Waals surface area contributed by atoms with Gasteiger partial charge in [-0.2, -0.15) is 5.10 Å². The number of ether oxygens (including phenoxy) is 1. The summed E-state index contributed by atoms with van der Waals surface area (Å²) < 4.78 is 8.68. The van der Waals surface area contributed by atoms with Crippen molar-refractivity contribution in [3.05, 3.63) is 109 Å². The number of rotatable bonds is 7. The lowest BCUT2D eigenvalue weighted by molar-refractivity contribution is -0.120. The number of amides is 1. The van der Waals surface area contributed by atoms with Crippen molar-refractivity contribution in [3.63, 3.8) is 0 Å². The minimum Gasteiger partial charge on any atom is -0.487 e. The first-order valence-corrected chi connectivity index (χ1v) is 12.5. The lowest BCUT2D eigenvalue weighted by Gasteiger charge is -2.13. The third-order valence-corrected chi connectivity index (χ3v) is 6.66. The van der Waals surface area contributed by atoms with Crippen LogP contribution in [0.5, 0.6) is 5.75 Å². The monoisotopic (exact) mass is 628 g/mol. The zero-order chi connectivity index (χ0) is 23.2. The van der Waals surface area contributed by atoms with E-state index in [4.69, 9.17) is 4.74 Å². The SMILES string of the molecule is O=C(Cc1ccc(Br)cc1)N/N=C\c1cc(Br)c(OCc2cccc3ccccc23)c(Br)c1. The Morgan fingerprint density at radius 2 is 1.61 bits per heavy atom. The summed E-state index contributed by atoms with van der Waals surface area (Å²) in [6.45, 7) is 0.443. The van der Waals surface area contributed by atoms with Crippen molar-refractivity contribution in [1.29, 1.82) is 0 Å². The van der Waals surface area contributed by atoms with E-state index >= 15 is 0 Å². The first-order valence-electron chi connectivity index (χ1n) is 10.1. The van der Waals surface area contributed by atoms with Crippen LogP contribution in [-0.4, -0.2) is 12.1 Å². The molecular formula is C26H19Br3N2O2. The largest absolute Gasteiger partial charge is 0.487 e. The molecule has 0 aliphatic heterocycles. The van der Waals surface area contributed by atoms with Crippen LogP contribution < -0.4 is 10.2 Å². The van der Waals surface area contributed by atoms with E-state index in [1.807, 2.05) is 54.6 Å². The molecule has 0 aliphatic carbocycles. The Balaban J connectivity index is 1.39. The minimum absolute atomic E-state index is 0.179. The number of hydrogen-bond acceptors (Lipinski definition) is 3. The van der Waals surface area contributed by atoms with Crippen LogP contribution in [0.1, 0.15) is 16.7 Å². The number of fused-ring (bicyclic) bond motifs is 1. The molecule has 33 heavy (non-hydrogen) atoms. The van der Waals surface area contributed by atoms with Gasteiger partial charge in [0, 0.05) is 4.47 Å². The molecule has 0 atom stereocenters. The van der Waals surface area contributed by atoms with Crippen LogP contribution in [0.2, 0.25) is 0 Å². The second kappa shape index (κ2) is 11.1. The van der Waals surface area contributed by atoms with Gasteiger partial charge in [-0.15, -0.1) is 0 Å². The van der Waals surface area contributed by atoms with Crippen LogP contribution in [0.25, 0.3) is 10.8 Å². The maximum atomic E-state index is 12.1. The summed E-state index contributed by atoms with van der Waals surface area (Å²) in [5.74, 6) is 0.529. The first-order chi connectivity index (χ1) is 16.0. The van der Waals surface area contributed by atoms with E-state index in [0.29, 0.717) is 12.4 Å². The van der Waals surface area contributed by atoms with Crippen molar-refractivity contribution in [1.82, 2.24) is 5.43 Å². The van der Waals surface area contributed by atoms with Gasteiger partial charge in [0.05, 0.1) is 21.6 Å². The van der Waals surface area contributed by atoms with Crippen LogP contribution in [0.3, 0.4) is 0 Å². The molecule has 0 aliphatic rings. The van der Waals surface area contributed by atoms with Gasteiger partial charge in [0.25, 0.3) is 0 Å². The predicted molar refractivity (Wildman–Crippen MR) is 144 cm³/mol. The molecule has 0 unspecified atom stereocenters. The molecule has 0 fully saturated rings. The van der Waals surface area contributed by atoms with Gasteiger partial charge >= 0.3 is 0 Å². The van der Waals surface area contributed by atoms with Crippen molar-refractivity contribution in [2.24, 2.45) is 5.10 Å². The number of benzene rings is 4. The van der Waals surface area contributed by atoms with E-state index < -0.39 is 0 Å². The van der Waals surface area contributed by atoms with E-state index in [1.54, 1.807) is 6.21 Å². The standard InChI is InChI=1S/C26H19Br3N2O2/c27-21-10-8-17(9-11-21)14-25(32)31-30-15-18-12-23(28)26(24(29)13-18)33-16-20-6-3-5-19-4-1-2-7-22(19)20/h1-13,15H,14,16H2,(H,31,32)/b30-15-. The van der Waals surface area contributed by atoms with E-state index in [-0.39, 0.29) is 12.3 Å². The quantitative estimate of drug-likeness (QED) is 0.171. The summed E-state index contributed by atoms with van der Waals surface area (Å²) in [6.07, 6.45) is 1.86. The Labute approximate surface area is 217 Å². The summed E-state index contributed by atoms with van der Waals surface area (Å²) in [5.41, 5.74) is 5.42. The number of hydrogen-bond donors (Lipinski definition) is 1. The molecule has 0 heterocycles. The average Bonchev–Trinajstić information content (AvgIpc) is 2.80. The van der Waals surface area contributed by atoms with Gasteiger partial charge < -0.3 is 4.74 Å². The van der Waals surface area contributed by atoms with Gasteiger partial charge in [-0.3, -0.25) is 4.79 Å². The summed E-state index contributed by atoms with van der Waals surface area (Å²) in [6, 6.07) is 25.9. The highest BCUT2D eigenvalue weighted by Gasteiger charge is 2.10. The molecule has 4 nitrogen and oxygen atoms in total. The van der Waals surface area contributed by atoms with Crippen molar-refractivity contribution in [2.45, 2.75) is 13.0 Å². The lowest BCUT2D eigenvalue weighted by Crippen LogP contribution is -2.19. The molecule has 166 valence electrons. The fraction of sp³-hybridized carbons (Fsp3) is 0.0769. The van der Waals surface area contributed by atoms with Gasteiger partial charge in [-0.25, -0.2) is 5.43 Å². The molecule has 0 spiro atoms. The first kappa shape index (κ1) is 23.7. The van der Waals surface area contributed by atoms with E-state index in [1.165, 1.54) is 10.8 Å². The Morgan fingerprint density at radius 3 is 2.36 bits per heavy atom. The fourth-order valence-electron chi connectivity index (χ4n) is 3.37. The summed E-state index contributed by atoms with van der Waals surface area (Å²) in [4.78, 5) is 12.1. The van der Waals surface area contributed by atoms with Crippen molar-refractivity contribution in [2.75, 3.05) is 0 Å². The molecule has 1 amide bonds. The molecule has 0 aromatic heterocycles. The number of hydrazone groups is 1. The second-order valence-electron chi connectivity index (χ2n) is 7.34. The number of halogens is 3. The zero-order valence-corrected chi connectivity index (χ0v) is 22.2. The Kier molecular flexibility index (Phi) is 7.96. The molecule has 1 N–H and O–H groups in total. The van der Waals surface area contributed by atoms with Gasteiger partial charge in [0.1, 0.15) is 12.4 Å². The molecule has 7 heteroatoms. The number of nitrogens with one attached hydrogen (secondary N) is 1. The molecular weight excluding hydrogens is 612 g/mol. The normalized spacial score (nSPS) is 11.1. The molecule has 0 saturated heterocycles. The van der Waals surface area contributed by atoms with E-state index in [9.17, 15) is 4.79 Å². The highest BCUT2D eigenvalue weighted by atomic mass is 79.9. The molecule has 0 saturated carbocycles. The summed E-state index contributed by atoms with van der Waals surface area (Å²) >= 11 is 10.6. The fourth-order valence-corrected chi connectivity index (χ4v) is 5.08. The van der Waals surface area contributed by atoms with Crippen LogP contribution in [0.15, 0.2) is 97.4 Å². The maximum Gasteiger partial charge on any atom is 0.244 e. The highest BCUT2D eigenvalue weighted by Crippen LogP contribution is 2.35. The van der Waals surface area contributed by atoms with Crippen molar-refractivity contribution in [3.8, 4) is 5.75 Å². The molecule has 0 bridgehead atoms. The third kappa shape index (κ3) is 6.31. The van der Waals surface area contributed by atoms with Gasteiger partial charge in [0.2, 0.25) is 5.91 Å². The average molecular weight is 631 g/mol. The van der Waals surface area contributed by atoms with Crippen molar-refractivity contribution < 1.29 is 9.53 Å². The van der Waals surface area contributed by atoms with E-state index in [2.05, 4.69) is 82.6 Å².